The Hall–Kier alpha value is -0.890. The minimum absolute atomic E-state index is 0.520. The third-order valence-corrected chi connectivity index (χ3v) is 4.50. The van der Waals surface area contributed by atoms with Crippen LogP contribution in [-0.4, -0.2) is 102 Å². The molecule has 1 fully saturated rings. The molecule has 25 heavy (non-hydrogen) atoms. The molecule has 0 amide bonds. The summed E-state index contributed by atoms with van der Waals surface area (Å²) in [5.74, 6) is 1.56. The first-order valence-corrected chi connectivity index (χ1v) is 9.50. The highest BCUT2D eigenvalue weighted by Gasteiger charge is 2.22. The first-order chi connectivity index (χ1) is 12.1. The fourth-order valence-electron chi connectivity index (χ4n) is 3.01. The number of morpholine rings is 1. The van der Waals surface area contributed by atoms with Crippen LogP contribution in [0.1, 0.15) is 20.3 Å². The van der Waals surface area contributed by atoms with Crippen LogP contribution < -0.4 is 10.6 Å². The van der Waals surface area contributed by atoms with Crippen LogP contribution in [-0.2, 0) is 9.47 Å². The summed E-state index contributed by atoms with van der Waals surface area (Å²) in [4.78, 5) is 9.14. The van der Waals surface area contributed by atoms with E-state index in [0.29, 0.717) is 12.0 Å². The van der Waals surface area contributed by atoms with Crippen molar-refractivity contribution in [3.05, 3.63) is 0 Å². The molecule has 148 valence electrons. The number of hydrogen-bond donors (Lipinski definition) is 2. The summed E-state index contributed by atoms with van der Waals surface area (Å²) < 4.78 is 10.6. The lowest BCUT2D eigenvalue weighted by molar-refractivity contribution is 0.0132. The van der Waals surface area contributed by atoms with E-state index in [1.807, 2.05) is 7.05 Å². The van der Waals surface area contributed by atoms with E-state index in [-0.39, 0.29) is 0 Å². The second-order valence-corrected chi connectivity index (χ2v) is 7.11. The van der Waals surface area contributed by atoms with E-state index in [0.717, 1.165) is 65.0 Å². The van der Waals surface area contributed by atoms with Crippen molar-refractivity contribution in [2.24, 2.45) is 10.9 Å². The minimum Gasteiger partial charge on any atom is -0.383 e. The Bertz CT molecular complexity index is 359. The molecule has 2 N–H and O–H groups in total. The average Bonchev–Trinajstić information content (AvgIpc) is 2.62. The zero-order chi connectivity index (χ0) is 18.5. The Kier molecular flexibility index (Phi) is 11.8. The molecule has 0 aromatic rings. The number of likely N-dealkylation sites (N-methyl/N-ethyl adjacent to an activating group) is 1. The van der Waals surface area contributed by atoms with Gasteiger partial charge in [-0.05, 0) is 19.4 Å². The topological polar surface area (TPSA) is 61.4 Å². The van der Waals surface area contributed by atoms with Crippen molar-refractivity contribution in [3.8, 4) is 0 Å². The SMILES string of the molecule is CN=C(NCCN(C)CCOC)NCC(CC(C)C)N1CCOCC1. The molecule has 0 radical (unpaired) electrons. The maximum Gasteiger partial charge on any atom is 0.191 e. The van der Waals surface area contributed by atoms with Crippen molar-refractivity contribution >= 4 is 5.96 Å². The molecule has 1 aliphatic heterocycles. The second-order valence-electron chi connectivity index (χ2n) is 7.11. The maximum atomic E-state index is 5.49. The van der Waals surface area contributed by atoms with Crippen LogP contribution in [0.15, 0.2) is 4.99 Å². The minimum atomic E-state index is 0.520. The summed E-state index contributed by atoms with van der Waals surface area (Å²) in [5, 5.41) is 6.90. The number of guanidine groups is 1. The first kappa shape index (κ1) is 22.2. The van der Waals surface area contributed by atoms with Gasteiger partial charge in [0.2, 0.25) is 0 Å². The molecule has 7 heteroatoms. The first-order valence-electron chi connectivity index (χ1n) is 9.50. The third-order valence-electron chi connectivity index (χ3n) is 4.50. The monoisotopic (exact) mass is 357 g/mol. The van der Waals surface area contributed by atoms with Gasteiger partial charge in [0.1, 0.15) is 0 Å². The van der Waals surface area contributed by atoms with Crippen LogP contribution in [0.3, 0.4) is 0 Å². The highest BCUT2D eigenvalue weighted by molar-refractivity contribution is 5.79. The van der Waals surface area contributed by atoms with Crippen molar-refractivity contribution in [3.63, 3.8) is 0 Å². The van der Waals surface area contributed by atoms with Crippen molar-refractivity contribution in [1.82, 2.24) is 20.4 Å². The third kappa shape index (κ3) is 9.99. The fourth-order valence-corrected chi connectivity index (χ4v) is 3.01. The standard InChI is InChI=1S/C18H39N5O2/c1-16(2)14-17(23-9-12-25-13-10-23)15-21-18(19-3)20-6-7-22(4)8-11-24-5/h16-17H,6-15H2,1-5H3,(H2,19,20,21). The van der Waals surface area contributed by atoms with Crippen molar-refractivity contribution < 1.29 is 9.47 Å². The molecule has 7 nitrogen and oxygen atoms in total. The Labute approximate surface area is 154 Å². The molecule has 0 bridgehead atoms. The van der Waals surface area contributed by atoms with Gasteiger partial charge in [0, 0.05) is 59.5 Å². The fraction of sp³-hybridized carbons (Fsp3) is 0.944. The van der Waals surface area contributed by atoms with Crippen LogP contribution in [0, 0.1) is 5.92 Å². The van der Waals surface area contributed by atoms with E-state index < -0.39 is 0 Å². The van der Waals surface area contributed by atoms with Gasteiger partial charge in [-0.15, -0.1) is 0 Å². The molecule has 1 saturated heterocycles. The summed E-state index contributed by atoms with van der Waals surface area (Å²) in [6.45, 7) is 12.8. The van der Waals surface area contributed by atoms with E-state index in [4.69, 9.17) is 9.47 Å². The molecular formula is C18H39N5O2. The quantitative estimate of drug-likeness (QED) is 0.414. The van der Waals surface area contributed by atoms with Crippen molar-refractivity contribution in [2.45, 2.75) is 26.3 Å². The molecule has 0 aromatic heterocycles. The van der Waals surface area contributed by atoms with E-state index in [9.17, 15) is 0 Å². The van der Waals surface area contributed by atoms with Gasteiger partial charge in [0.15, 0.2) is 5.96 Å². The molecule has 1 atom stereocenters. The number of ether oxygens (including phenoxy) is 2. The van der Waals surface area contributed by atoms with Crippen LogP contribution in [0.25, 0.3) is 0 Å². The van der Waals surface area contributed by atoms with E-state index in [2.05, 4.69) is 46.3 Å². The summed E-state index contributed by atoms with van der Waals surface area (Å²) in [7, 11) is 5.67. The number of nitrogens with one attached hydrogen (secondary N) is 2. The predicted molar refractivity (Wildman–Crippen MR) is 104 cm³/mol. The van der Waals surface area contributed by atoms with Gasteiger partial charge in [-0.2, -0.15) is 0 Å². The Morgan fingerprint density at radius 2 is 1.96 bits per heavy atom. The van der Waals surface area contributed by atoms with Crippen molar-refractivity contribution in [2.75, 3.05) is 80.3 Å². The number of rotatable bonds is 11. The Morgan fingerprint density at radius 3 is 2.56 bits per heavy atom. The van der Waals surface area contributed by atoms with Crippen molar-refractivity contribution in [1.29, 1.82) is 0 Å². The number of hydrogen-bond acceptors (Lipinski definition) is 5. The van der Waals surface area contributed by atoms with E-state index >= 15 is 0 Å². The lowest BCUT2D eigenvalue weighted by Gasteiger charge is -2.35. The number of nitrogens with zero attached hydrogens (tertiary/aromatic N) is 3. The Morgan fingerprint density at radius 1 is 1.24 bits per heavy atom. The van der Waals surface area contributed by atoms with Gasteiger partial charge in [-0.1, -0.05) is 13.8 Å². The molecule has 1 aliphatic rings. The maximum absolute atomic E-state index is 5.49. The normalized spacial score (nSPS) is 18.0. The zero-order valence-corrected chi connectivity index (χ0v) is 16.9. The van der Waals surface area contributed by atoms with E-state index in [1.165, 1.54) is 6.42 Å². The largest absolute Gasteiger partial charge is 0.383 e. The molecule has 1 heterocycles. The summed E-state index contributed by atoms with van der Waals surface area (Å²) >= 11 is 0. The lowest BCUT2D eigenvalue weighted by atomic mass is 10.0. The van der Waals surface area contributed by atoms with Crippen LogP contribution >= 0.6 is 0 Å². The molecular weight excluding hydrogens is 318 g/mol. The highest BCUT2D eigenvalue weighted by atomic mass is 16.5. The summed E-state index contributed by atoms with van der Waals surface area (Å²) in [6.07, 6.45) is 1.18. The second kappa shape index (κ2) is 13.3. The number of methoxy groups -OCH3 is 1. The molecule has 1 unspecified atom stereocenters. The van der Waals surface area contributed by atoms with Crippen LogP contribution in [0.5, 0.6) is 0 Å². The molecule has 0 saturated carbocycles. The smallest absolute Gasteiger partial charge is 0.191 e. The predicted octanol–water partition coefficient (Wildman–Crippen LogP) is 0.477. The summed E-state index contributed by atoms with van der Waals surface area (Å²) in [6, 6.07) is 0.520. The van der Waals surface area contributed by atoms with Gasteiger partial charge in [-0.25, -0.2) is 0 Å². The molecule has 1 rings (SSSR count). The van der Waals surface area contributed by atoms with Gasteiger partial charge in [0.05, 0.1) is 19.8 Å². The van der Waals surface area contributed by atoms with Gasteiger partial charge in [-0.3, -0.25) is 9.89 Å². The average molecular weight is 358 g/mol. The summed E-state index contributed by atoms with van der Waals surface area (Å²) in [5.41, 5.74) is 0. The number of aliphatic imine (C=N–C) groups is 1. The van der Waals surface area contributed by atoms with Gasteiger partial charge >= 0.3 is 0 Å². The highest BCUT2D eigenvalue weighted by Crippen LogP contribution is 2.12. The molecule has 0 aliphatic carbocycles. The molecule has 0 aromatic carbocycles. The van der Waals surface area contributed by atoms with Gasteiger partial charge < -0.3 is 25.0 Å². The van der Waals surface area contributed by atoms with Crippen LogP contribution in [0.2, 0.25) is 0 Å². The van der Waals surface area contributed by atoms with Crippen LogP contribution in [0.4, 0.5) is 0 Å². The van der Waals surface area contributed by atoms with Gasteiger partial charge in [0.25, 0.3) is 0 Å². The Balaban J connectivity index is 2.36. The molecule has 0 spiro atoms. The lowest BCUT2D eigenvalue weighted by Crippen LogP contribution is -2.51. The van der Waals surface area contributed by atoms with E-state index in [1.54, 1.807) is 7.11 Å². The zero-order valence-electron chi connectivity index (χ0n) is 16.9.